The molecule has 1 aromatic carbocycles. The molecule has 0 unspecified atom stereocenters. The van der Waals surface area contributed by atoms with Crippen molar-refractivity contribution >= 4 is 28.9 Å². The molecule has 1 rings (SSSR count). The highest BCUT2D eigenvalue weighted by molar-refractivity contribution is 7.80. The molecule has 92 valence electrons. The van der Waals surface area contributed by atoms with Crippen molar-refractivity contribution in [2.75, 3.05) is 33.5 Å². The van der Waals surface area contributed by atoms with Gasteiger partial charge in [0.2, 0.25) is 0 Å². The number of nitrogens with zero attached hydrogens (tertiary/aromatic N) is 2. The second-order valence-electron chi connectivity index (χ2n) is 4.10. The third-order valence-electron chi connectivity index (χ3n) is 2.20. The molecule has 0 aliphatic carbocycles. The van der Waals surface area contributed by atoms with Crippen LogP contribution >= 0.6 is 12.2 Å². The summed E-state index contributed by atoms with van der Waals surface area (Å²) in [6.45, 7) is 0. The number of anilines is 1. The third-order valence-corrected chi connectivity index (χ3v) is 2.66. The number of thiocarbonyl (C=S) groups is 1. The fourth-order valence-electron chi connectivity index (χ4n) is 1.19. The second-order valence-corrected chi connectivity index (χ2v) is 4.49. The first-order chi connectivity index (χ1) is 7.91. The van der Waals surface area contributed by atoms with Gasteiger partial charge in [0.05, 0.1) is 0 Å². The van der Waals surface area contributed by atoms with E-state index in [1.807, 2.05) is 31.1 Å². The first kappa shape index (κ1) is 13.4. The van der Waals surface area contributed by atoms with Gasteiger partial charge < -0.3 is 15.1 Å². The first-order valence-corrected chi connectivity index (χ1v) is 5.62. The van der Waals surface area contributed by atoms with Crippen molar-refractivity contribution in [3.8, 4) is 0 Å². The molecule has 0 atom stereocenters. The number of amides is 1. The Morgan fingerprint density at radius 1 is 1.06 bits per heavy atom. The zero-order chi connectivity index (χ0) is 13.0. The minimum Gasteiger partial charge on any atom is -0.355 e. The first-order valence-electron chi connectivity index (χ1n) is 5.22. The zero-order valence-electron chi connectivity index (χ0n) is 10.5. The smallest absolute Gasteiger partial charge is 0.253 e. The van der Waals surface area contributed by atoms with E-state index in [9.17, 15) is 4.79 Å². The second kappa shape index (κ2) is 5.63. The van der Waals surface area contributed by atoms with Crippen LogP contribution in [0.4, 0.5) is 5.69 Å². The van der Waals surface area contributed by atoms with Gasteiger partial charge in [0, 0.05) is 39.4 Å². The Labute approximate surface area is 107 Å². The zero-order valence-corrected chi connectivity index (χ0v) is 11.3. The van der Waals surface area contributed by atoms with E-state index in [2.05, 4.69) is 5.32 Å². The van der Waals surface area contributed by atoms with Gasteiger partial charge >= 0.3 is 0 Å². The average Bonchev–Trinajstić information content (AvgIpc) is 2.28. The van der Waals surface area contributed by atoms with Crippen molar-refractivity contribution in [3.63, 3.8) is 0 Å². The monoisotopic (exact) mass is 251 g/mol. The number of rotatable bonds is 2. The standard InChI is InChI=1S/C12H17N3OS/c1-14(2)11(16)9-5-7-10(8-6-9)13-12(17)15(3)4/h5-8H,1-4H3,(H,13,17). The SMILES string of the molecule is CN(C)C(=O)c1ccc(NC(=S)N(C)C)cc1. The maximum Gasteiger partial charge on any atom is 0.253 e. The predicted octanol–water partition coefficient (Wildman–Crippen LogP) is 1.65. The minimum absolute atomic E-state index is 0.00765. The fraction of sp³-hybridized carbons (Fsp3) is 0.333. The summed E-state index contributed by atoms with van der Waals surface area (Å²) in [7, 11) is 7.21. The van der Waals surface area contributed by atoms with E-state index >= 15 is 0 Å². The van der Waals surface area contributed by atoms with Crippen LogP contribution in [-0.2, 0) is 0 Å². The quantitative estimate of drug-likeness (QED) is 0.811. The van der Waals surface area contributed by atoms with Crippen LogP contribution in [0.1, 0.15) is 10.4 Å². The summed E-state index contributed by atoms with van der Waals surface area (Å²) in [6.07, 6.45) is 0. The maximum atomic E-state index is 11.7. The Balaban J connectivity index is 2.75. The highest BCUT2D eigenvalue weighted by atomic mass is 32.1. The summed E-state index contributed by atoms with van der Waals surface area (Å²) in [4.78, 5) is 15.0. The summed E-state index contributed by atoms with van der Waals surface area (Å²) in [5.74, 6) is -0.00765. The molecule has 5 heteroatoms. The Bertz CT molecular complexity index is 412. The van der Waals surface area contributed by atoms with Crippen LogP contribution in [0.3, 0.4) is 0 Å². The van der Waals surface area contributed by atoms with Gasteiger partial charge in [0.15, 0.2) is 5.11 Å². The lowest BCUT2D eigenvalue weighted by Crippen LogP contribution is -2.27. The van der Waals surface area contributed by atoms with E-state index in [4.69, 9.17) is 12.2 Å². The number of hydrogen-bond donors (Lipinski definition) is 1. The molecule has 0 fully saturated rings. The van der Waals surface area contributed by atoms with Crippen LogP contribution in [-0.4, -0.2) is 49.0 Å². The lowest BCUT2D eigenvalue weighted by atomic mass is 10.2. The summed E-state index contributed by atoms with van der Waals surface area (Å²) in [5.41, 5.74) is 1.54. The van der Waals surface area contributed by atoms with Crippen LogP contribution in [0.5, 0.6) is 0 Å². The normalized spacial score (nSPS) is 9.65. The molecule has 0 spiro atoms. The summed E-state index contributed by atoms with van der Waals surface area (Å²) >= 11 is 5.13. The third kappa shape index (κ3) is 3.71. The number of carbonyl (C=O) groups is 1. The van der Waals surface area contributed by atoms with Gasteiger partial charge in [-0.25, -0.2) is 0 Å². The Morgan fingerprint density at radius 2 is 1.59 bits per heavy atom. The number of hydrogen-bond acceptors (Lipinski definition) is 2. The average molecular weight is 251 g/mol. The molecule has 0 saturated carbocycles. The molecule has 1 aromatic rings. The highest BCUT2D eigenvalue weighted by Crippen LogP contribution is 2.11. The molecular weight excluding hydrogens is 234 g/mol. The number of nitrogens with one attached hydrogen (secondary N) is 1. The van der Waals surface area contributed by atoms with Crippen molar-refractivity contribution in [1.82, 2.24) is 9.80 Å². The van der Waals surface area contributed by atoms with Crippen molar-refractivity contribution in [3.05, 3.63) is 29.8 Å². The number of benzene rings is 1. The lowest BCUT2D eigenvalue weighted by Gasteiger charge is -2.16. The fourth-order valence-corrected chi connectivity index (χ4v) is 1.31. The van der Waals surface area contributed by atoms with Crippen molar-refractivity contribution in [2.24, 2.45) is 0 Å². The van der Waals surface area contributed by atoms with Gasteiger partial charge in [-0.15, -0.1) is 0 Å². The van der Waals surface area contributed by atoms with E-state index in [1.54, 1.807) is 31.1 Å². The van der Waals surface area contributed by atoms with Gasteiger partial charge in [0.25, 0.3) is 5.91 Å². The largest absolute Gasteiger partial charge is 0.355 e. The molecule has 0 aromatic heterocycles. The van der Waals surface area contributed by atoms with Gasteiger partial charge in [0.1, 0.15) is 0 Å². The van der Waals surface area contributed by atoms with E-state index in [0.29, 0.717) is 10.7 Å². The van der Waals surface area contributed by atoms with Crippen LogP contribution in [0.2, 0.25) is 0 Å². The molecule has 4 nitrogen and oxygen atoms in total. The van der Waals surface area contributed by atoms with Gasteiger partial charge in [-0.1, -0.05) is 0 Å². The molecule has 1 amide bonds. The maximum absolute atomic E-state index is 11.7. The van der Waals surface area contributed by atoms with E-state index in [0.717, 1.165) is 5.69 Å². The van der Waals surface area contributed by atoms with Crippen LogP contribution in [0, 0.1) is 0 Å². The molecule has 17 heavy (non-hydrogen) atoms. The Morgan fingerprint density at radius 3 is 2.00 bits per heavy atom. The van der Waals surface area contributed by atoms with E-state index in [1.165, 1.54) is 0 Å². The van der Waals surface area contributed by atoms with E-state index < -0.39 is 0 Å². The van der Waals surface area contributed by atoms with Crippen LogP contribution in [0.25, 0.3) is 0 Å². The van der Waals surface area contributed by atoms with Crippen LogP contribution in [0.15, 0.2) is 24.3 Å². The minimum atomic E-state index is -0.00765. The summed E-state index contributed by atoms with van der Waals surface area (Å²) in [6, 6.07) is 7.24. The highest BCUT2D eigenvalue weighted by Gasteiger charge is 2.07. The molecule has 0 aliphatic heterocycles. The summed E-state index contributed by atoms with van der Waals surface area (Å²) in [5, 5.41) is 3.70. The summed E-state index contributed by atoms with van der Waals surface area (Å²) < 4.78 is 0. The predicted molar refractivity (Wildman–Crippen MR) is 74.4 cm³/mol. The van der Waals surface area contributed by atoms with Gasteiger partial charge in [-0.05, 0) is 36.5 Å². The molecule has 0 radical (unpaired) electrons. The molecular formula is C12H17N3OS. The van der Waals surface area contributed by atoms with E-state index in [-0.39, 0.29) is 5.91 Å². The van der Waals surface area contributed by atoms with Crippen LogP contribution < -0.4 is 5.32 Å². The molecule has 1 N–H and O–H groups in total. The molecule has 0 heterocycles. The Kier molecular flexibility index (Phi) is 4.45. The van der Waals surface area contributed by atoms with Crippen molar-refractivity contribution < 1.29 is 4.79 Å². The Hall–Kier alpha value is -1.62. The van der Waals surface area contributed by atoms with Gasteiger partial charge in [-0.3, -0.25) is 4.79 Å². The van der Waals surface area contributed by atoms with Crippen molar-refractivity contribution in [1.29, 1.82) is 0 Å². The van der Waals surface area contributed by atoms with Gasteiger partial charge in [-0.2, -0.15) is 0 Å². The van der Waals surface area contributed by atoms with Crippen molar-refractivity contribution in [2.45, 2.75) is 0 Å². The lowest BCUT2D eigenvalue weighted by molar-refractivity contribution is 0.0827. The molecule has 0 aliphatic rings. The molecule has 0 bridgehead atoms. The number of carbonyl (C=O) groups excluding carboxylic acids is 1. The topological polar surface area (TPSA) is 35.6 Å². The molecule has 0 saturated heterocycles.